The van der Waals surface area contributed by atoms with Crippen LogP contribution in [0.3, 0.4) is 0 Å². The highest BCUT2D eigenvalue weighted by atomic mass is 31.2. The van der Waals surface area contributed by atoms with Crippen molar-refractivity contribution in [1.29, 1.82) is 0 Å². The highest BCUT2D eigenvalue weighted by Crippen LogP contribution is 2.51. The van der Waals surface area contributed by atoms with Crippen LogP contribution >= 0.6 is 15.4 Å². The maximum atomic E-state index is 14.0. The molecule has 9 nitrogen and oxygen atoms in total. The van der Waals surface area contributed by atoms with Gasteiger partial charge in [0.1, 0.15) is 23.0 Å². The minimum atomic E-state index is -4.24. The first-order chi connectivity index (χ1) is 23.7. The third kappa shape index (κ3) is 11.0. The lowest BCUT2D eigenvalue weighted by Gasteiger charge is -2.21. The second kappa shape index (κ2) is 17.2. The Hall–Kier alpha value is -4.52. The van der Waals surface area contributed by atoms with Gasteiger partial charge in [0.15, 0.2) is 5.75 Å². The van der Waals surface area contributed by atoms with Gasteiger partial charge in [0.2, 0.25) is 6.79 Å². The van der Waals surface area contributed by atoms with Gasteiger partial charge in [0.25, 0.3) is 0 Å². The Morgan fingerprint density at radius 1 is 0.633 bits per heavy atom. The van der Waals surface area contributed by atoms with Crippen LogP contribution in [-0.2, 0) is 24.7 Å². The van der Waals surface area contributed by atoms with E-state index in [1.807, 2.05) is 61.5 Å². The standard InChI is InChI=1S/C38H40O9P2/c1-4-5-9-18-31-27-36(41-29-42-49(40,45-34-22-12-7-13-23-34)46-35-24-14-8-15-25-35)38(32-19-16-17-30(2)26-32)37(28-31)43-47-48(3,39)44-33-20-10-6-11-21-33/h6-8,10-17,19-28H,4-5,9,18,29H2,1-3H3. The molecule has 5 aromatic carbocycles. The summed E-state index contributed by atoms with van der Waals surface area (Å²) in [6.45, 7) is 4.93. The summed E-state index contributed by atoms with van der Waals surface area (Å²) in [6, 6.07) is 37.4. The number of rotatable bonds is 18. The van der Waals surface area contributed by atoms with E-state index in [-0.39, 0.29) is 5.75 Å². The number of ether oxygens (including phenoxy) is 1. The van der Waals surface area contributed by atoms with E-state index in [0.717, 1.165) is 36.0 Å². The van der Waals surface area contributed by atoms with Gasteiger partial charge in [0, 0.05) is 0 Å². The summed E-state index contributed by atoms with van der Waals surface area (Å²) in [5.41, 5.74) is 3.13. The van der Waals surface area contributed by atoms with Crippen LogP contribution in [-0.4, -0.2) is 13.5 Å². The summed E-state index contributed by atoms with van der Waals surface area (Å²) in [4.78, 5) is 5.85. The molecule has 1 atom stereocenters. The summed E-state index contributed by atoms with van der Waals surface area (Å²) in [5.74, 6) is 1.60. The van der Waals surface area contributed by atoms with Crippen molar-refractivity contribution in [3.05, 3.63) is 139 Å². The first-order valence-corrected chi connectivity index (χ1v) is 19.5. The third-order valence-electron chi connectivity index (χ3n) is 7.12. The van der Waals surface area contributed by atoms with Crippen molar-refractivity contribution in [3.63, 3.8) is 0 Å². The molecule has 11 heteroatoms. The van der Waals surface area contributed by atoms with Crippen molar-refractivity contribution >= 4 is 15.4 Å². The van der Waals surface area contributed by atoms with Crippen LogP contribution in [0, 0.1) is 6.92 Å². The second-order valence-electron chi connectivity index (χ2n) is 11.3. The fourth-order valence-electron chi connectivity index (χ4n) is 4.87. The zero-order valence-corrected chi connectivity index (χ0v) is 29.5. The van der Waals surface area contributed by atoms with E-state index >= 15 is 0 Å². The molecule has 5 aromatic rings. The average Bonchev–Trinajstić information content (AvgIpc) is 3.08. The third-order valence-corrected chi connectivity index (χ3v) is 9.30. The molecule has 0 saturated heterocycles. The Morgan fingerprint density at radius 3 is 1.78 bits per heavy atom. The van der Waals surface area contributed by atoms with E-state index < -0.39 is 22.2 Å². The number of hydrogen-bond donors (Lipinski definition) is 0. The first-order valence-electron chi connectivity index (χ1n) is 16.0. The molecule has 0 heterocycles. The van der Waals surface area contributed by atoms with E-state index in [9.17, 15) is 9.13 Å². The lowest BCUT2D eigenvalue weighted by Crippen LogP contribution is -2.10. The van der Waals surface area contributed by atoms with E-state index in [0.29, 0.717) is 35.0 Å². The smallest absolute Gasteiger partial charge is 0.466 e. The summed E-state index contributed by atoms with van der Waals surface area (Å²) in [6.07, 6.45) is 3.70. The van der Waals surface area contributed by atoms with E-state index in [4.69, 9.17) is 32.4 Å². The van der Waals surface area contributed by atoms with E-state index in [2.05, 4.69) is 6.92 Å². The van der Waals surface area contributed by atoms with Crippen molar-refractivity contribution in [2.75, 3.05) is 13.5 Å². The molecule has 5 rings (SSSR count). The molecule has 0 fully saturated rings. The lowest BCUT2D eigenvalue weighted by molar-refractivity contribution is -0.106. The number of para-hydroxylation sites is 3. The number of benzene rings is 5. The van der Waals surface area contributed by atoms with Gasteiger partial charge in [-0.3, -0.25) is 0 Å². The summed E-state index contributed by atoms with van der Waals surface area (Å²) < 4.78 is 61.9. The normalized spacial score (nSPS) is 12.5. The van der Waals surface area contributed by atoms with Gasteiger partial charge < -0.3 is 23.2 Å². The molecule has 0 N–H and O–H groups in total. The van der Waals surface area contributed by atoms with Crippen molar-refractivity contribution in [3.8, 4) is 39.9 Å². The molecule has 0 aliphatic rings. The number of unbranched alkanes of at least 4 members (excludes halogenated alkanes) is 2. The molecular weight excluding hydrogens is 662 g/mol. The van der Waals surface area contributed by atoms with Crippen LogP contribution in [0.1, 0.15) is 37.3 Å². The van der Waals surface area contributed by atoms with Gasteiger partial charge in [-0.25, -0.2) is 13.7 Å². The predicted octanol–water partition coefficient (Wildman–Crippen LogP) is 11.2. The Labute approximate surface area is 287 Å². The topological polar surface area (TPSA) is 98.8 Å². The lowest BCUT2D eigenvalue weighted by atomic mass is 9.97. The summed E-state index contributed by atoms with van der Waals surface area (Å²) >= 11 is 0. The van der Waals surface area contributed by atoms with Crippen LogP contribution in [0.4, 0.5) is 0 Å². The Kier molecular flexibility index (Phi) is 12.6. The zero-order chi connectivity index (χ0) is 34.5. The predicted molar refractivity (Wildman–Crippen MR) is 190 cm³/mol. The number of aryl methyl sites for hydroxylation is 2. The molecule has 0 saturated carbocycles. The molecule has 0 radical (unpaired) electrons. The fraction of sp³-hybridized carbons (Fsp3) is 0.211. The fourth-order valence-corrected chi connectivity index (χ4v) is 6.71. The number of phosphoric acid groups is 1. The molecule has 49 heavy (non-hydrogen) atoms. The van der Waals surface area contributed by atoms with Crippen molar-refractivity contribution in [2.45, 2.75) is 39.5 Å². The zero-order valence-electron chi connectivity index (χ0n) is 27.7. The largest absolute Gasteiger partial charge is 0.590 e. The van der Waals surface area contributed by atoms with Gasteiger partial charge >= 0.3 is 15.4 Å². The van der Waals surface area contributed by atoms with Crippen molar-refractivity contribution in [1.82, 2.24) is 0 Å². The highest BCUT2D eigenvalue weighted by molar-refractivity contribution is 7.53. The average molecular weight is 703 g/mol. The minimum absolute atomic E-state index is 0.262. The van der Waals surface area contributed by atoms with E-state index in [1.165, 1.54) is 6.66 Å². The molecule has 0 spiro atoms. The first kappa shape index (κ1) is 35.8. The molecule has 0 aliphatic heterocycles. The van der Waals surface area contributed by atoms with Gasteiger partial charge in [-0.2, -0.15) is 0 Å². The van der Waals surface area contributed by atoms with Crippen LogP contribution in [0.15, 0.2) is 127 Å². The molecular formula is C38H40O9P2. The van der Waals surface area contributed by atoms with Crippen molar-refractivity contribution < 1.29 is 41.5 Å². The van der Waals surface area contributed by atoms with Crippen LogP contribution < -0.4 is 23.2 Å². The number of phosphoric ester groups is 1. The van der Waals surface area contributed by atoms with Gasteiger partial charge in [-0.05, 0) is 79.4 Å². The Bertz CT molecular complexity index is 1820. The van der Waals surface area contributed by atoms with Crippen LogP contribution in [0.2, 0.25) is 0 Å². The molecule has 1 unspecified atom stereocenters. The molecule has 256 valence electrons. The summed E-state index contributed by atoms with van der Waals surface area (Å²) in [7, 11) is -7.97. The Balaban J connectivity index is 1.46. The number of hydrogen-bond acceptors (Lipinski definition) is 9. The second-order valence-corrected chi connectivity index (χ2v) is 14.7. The molecule has 0 aliphatic carbocycles. The minimum Gasteiger partial charge on any atom is -0.466 e. The van der Waals surface area contributed by atoms with Crippen molar-refractivity contribution in [2.24, 2.45) is 0 Å². The molecule has 0 amide bonds. The van der Waals surface area contributed by atoms with Crippen LogP contribution in [0.5, 0.6) is 28.7 Å². The van der Waals surface area contributed by atoms with Gasteiger partial charge in [0.05, 0.1) is 12.2 Å². The van der Waals surface area contributed by atoms with Gasteiger partial charge in [-0.15, -0.1) is 0 Å². The highest BCUT2D eigenvalue weighted by Gasteiger charge is 2.32. The maximum Gasteiger partial charge on any atom is 0.590 e. The van der Waals surface area contributed by atoms with E-state index in [1.54, 1.807) is 72.8 Å². The van der Waals surface area contributed by atoms with Gasteiger partial charge in [-0.1, -0.05) is 109 Å². The SMILES string of the molecule is CCCCCc1cc(OCOP(=O)(Oc2ccccc2)Oc2ccccc2)c(-c2cccc(C)c2)c(OOP(C)(=O)Oc2ccccc2)c1. The quantitative estimate of drug-likeness (QED) is 0.0290. The molecule has 0 aromatic heterocycles. The molecule has 0 bridgehead atoms. The van der Waals surface area contributed by atoms with Crippen LogP contribution in [0.25, 0.3) is 11.1 Å². The summed E-state index contributed by atoms with van der Waals surface area (Å²) in [5, 5.41) is 0. The maximum absolute atomic E-state index is 14.0. The monoisotopic (exact) mass is 702 g/mol. The Morgan fingerprint density at radius 2 is 1.20 bits per heavy atom.